The van der Waals surface area contributed by atoms with Crippen LogP contribution in [0.3, 0.4) is 0 Å². The molecular formula is C12H16Cl3NO3S. The minimum atomic E-state index is -3.35. The van der Waals surface area contributed by atoms with E-state index in [2.05, 4.69) is 0 Å². The summed E-state index contributed by atoms with van der Waals surface area (Å²) < 4.78 is 26.9. The maximum atomic E-state index is 10.7. The molecule has 0 fully saturated rings. The Balaban J connectivity index is 2.25. The van der Waals surface area contributed by atoms with Gasteiger partial charge in [0.15, 0.2) is 5.75 Å². The van der Waals surface area contributed by atoms with Gasteiger partial charge in [0.05, 0.1) is 22.4 Å². The van der Waals surface area contributed by atoms with Crippen molar-refractivity contribution in [3.63, 3.8) is 0 Å². The van der Waals surface area contributed by atoms with Gasteiger partial charge in [-0.1, -0.05) is 47.6 Å². The van der Waals surface area contributed by atoms with Crippen molar-refractivity contribution < 1.29 is 13.2 Å². The van der Waals surface area contributed by atoms with E-state index in [1.54, 1.807) is 12.1 Å². The summed E-state index contributed by atoms with van der Waals surface area (Å²) in [6.45, 7) is 0.455. The molecule has 0 amide bonds. The molecule has 0 heterocycles. The standard InChI is InChI=1S/C12H16Cl3NO3S/c13-9-7-10(14)12(11(15)8-9)19-5-3-1-2-4-6-20(16,17)18/h7-8H,1-6H2,(H2,16,17,18). The number of halogens is 3. The van der Waals surface area contributed by atoms with Crippen molar-refractivity contribution >= 4 is 44.8 Å². The number of sulfonamides is 1. The molecule has 1 rings (SSSR count). The molecule has 8 heteroatoms. The van der Waals surface area contributed by atoms with Gasteiger partial charge in [0, 0.05) is 5.02 Å². The number of ether oxygens (including phenoxy) is 1. The van der Waals surface area contributed by atoms with E-state index in [1.165, 1.54) is 0 Å². The second kappa shape index (κ2) is 8.29. The predicted octanol–water partition coefficient (Wildman–Crippen LogP) is 3.87. The maximum Gasteiger partial charge on any atom is 0.209 e. The summed E-state index contributed by atoms with van der Waals surface area (Å²) in [5.74, 6) is 0.435. The highest BCUT2D eigenvalue weighted by atomic mass is 35.5. The van der Waals surface area contributed by atoms with Crippen LogP contribution in [0.2, 0.25) is 15.1 Å². The minimum absolute atomic E-state index is 0.0166. The summed E-state index contributed by atoms with van der Waals surface area (Å²) in [5, 5.41) is 6.10. The van der Waals surface area contributed by atoms with E-state index in [9.17, 15) is 8.42 Å². The maximum absolute atomic E-state index is 10.7. The summed E-state index contributed by atoms with van der Waals surface area (Å²) in [6, 6.07) is 3.13. The van der Waals surface area contributed by atoms with Crippen LogP contribution < -0.4 is 9.88 Å². The molecule has 0 saturated carbocycles. The highest BCUT2D eigenvalue weighted by Gasteiger charge is 2.09. The summed E-state index contributed by atoms with van der Waals surface area (Å²) in [6.07, 6.45) is 2.96. The van der Waals surface area contributed by atoms with Crippen molar-refractivity contribution in [1.29, 1.82) is 0 Å². The summed E-state index contributed by atoms with van der Waals surface area (Å²) >= 11 is 17.7. The third kappa shape index (κ3) is 6.99. The molecule has 1 aromatic rings. The molecule has 0 atom stereocenters. The molecule has 0 aliphatic rings. The van der Waals surface area contributed by atoms with E-state index in [0.717, 1.165) is 19.3 Å². The number of unbranched alkanes of at least 4 members (excludes halogenated alkanes) is 3. The molecule has 0 aliphatic heterocycles. The lowest BCUT2D eigenvalue weighted by Gasteiger charge is -2.10. The number of nitrogens with two attached hydrogens (primary N) is 1. The highest BCUT2D eigenvalue weighted by molar-refractivity contribution is 7.89. The first-order valence-electron chi connectivity index (χ1n) is 6.07. The Morgan fingerprint density at radius 2 is 1.55 bits per heavy atom. The van der Waals surface area contributed by atoms with Gasteiger partial charge in [-0.3, -0.25) is 0 Å². The van der Waals surface area contributed by atoms with Crippen molar-refractivity contribution in [1.82, 2.24) is 0 Å². The summed E-state index contributed by atoms with van der Waals surface area (Å²) in [7, 11) is -3.35. The first kappa shape index (κ1) is 17.9. The van der Waals surface area contributed by atoms with Crippen LogP contribution in [0.15, 0.2) is 12.1 Å². The van der Waals surface area contributed by atoms with Crippen LogP contribution in [-0.4, -0.2) is 20.8 Å². The Bertz CT molecular complexity index is 526. The van der Waals surface area contributed by atoms with Crippen LogP contribution in [0, 0.1) is 0 Å². The first-order chi connectivity index (χ1) is 9.29. The lowest BCUT2D eigenvalue weighted by molar-refractivity contribution is 0.305. The topological polar surface area (TPSA) is 69.4 Å². The van der Waals surface area contributed by atoms with Gasteiger partial charge in [-0.15, -0.1) is 0 Å². The number of benzene rings is 1. The molecule has 0 radical (unpaired) electrons. The Labute approximate surface area is 134 Å². The van der Waals surface area contributed by atoms with E-state index in [1.807, 2.05) is 0 Å². The summed E-state index contributed by atoms with van der Waals surface area (Å²) in [5.41, 5.74) is 0. The quantitative estimate of drug-likeness (QED) is 0.715. The SMILES string of the molecule is NS(=O)(=O)CCCCCCOc1c(Cl)cc(Cl)cc1Cl. The lowest BCUT2D eigenvalue weighted by Crippen LogP contribution is -2.16. The first-order valence-corrected chi connectivity index (χ1v) is 8.92. The fourth-order valence-corrected chi connectivity index (χ4v) is 3.13. The van der Waals surface area contributed by atoms with E-state index in [-0.39, 0.29) is 5.75 Å². The largest absolute Gasteiger partial charge is 0.490 e. The van der Waals surface area contributed by atoms with E-state index >= 15 is 0 Å². The van der Waals surface area contributed by atoms with Crippen molar-refractivity contribution in [2.75, 3.05) is 12.4 Å². The average molecular weight is 361 g/mol. The van der Waals surface area contributed by atoms with Gasteiger partial charge in [0.25, 0.3) is 0 Å². The van der Waals surface area contributed by atoms with E-state index in [0.29, 0.717) is 33.8 Å². The van der Waals surface area contributed by atoms with Gasteiger partial charge in [0.2, 0.25) is 10.0 Å². The van der Waals surface area contributed by atoms with Gasteiger partial charge in [-0.2, -0.15) is 0 Å². The van der Waals surface area contributed by atoms with E-state index < -0.39 is 10.0 Å². The second-order valence-corrected chi connectivity index (χ2v) is 7.31. The van der Waals surface area contributed by atoms with Gasteiger partial charge >= 0.3 is 0 Å². The van der Waals surface area contributed by atoms with Crippen molar-refractivity contribution in [2.24, 2.45) is 5.14 Å². The van der Waals surface area contributed by atoms with Crippen molar-refractivity contribution in [2.45, 2.75) is 25.7 Å². The van der Waals surface area contributed by atoms with Crippen molar-refractivity contribution in [3.8, 4) is 5.75 Å². The Morgan fingerprint density at radius 1 is 1.00 bits per heavy atom. The Kier molecular flexibility index (Phi) is 7.40. The van der Waals surface area contributed by atoms with E-state index in [4.69, 9.17) is 44.7 Å². The van der Waals surface area contributed by atoms with Crippen LogP contribution in [0.4, 0.5) is 0 Å². The number of primary sulfonamides is 1. The molecule has 2 N–H and O–H groups in total. The summed E-state index contributed by atoms with van der Waals surface area (Å²) in [4.78, 5) is 0. The lowest BCUT2D eigenvalue weighted by atomic mass is 10.2. The molecular weight excluding hydrogens is 345 g/mol. The smallest absolute Gasteiger partial charge is 0.209 e. The monoisotopic (exact) mass is 359 g/mol. The van der Waals surface area contributed by atoms with Gasteiger partial charge < -0.3 is 4.74 Å². The molecule has 20 heavy (non-hydrogen) atoms. The zero-order valence-electron chi connectivity index (χ0n) is 10.7. The second-order valence-electron chi connectivity index (χ2n) is 4.33. The molecule has 0 unspecified atom stereocenters. The zero-order valence-corrected chi connectivity index (χ0v) is 13.8. The van der Waals surface area contributed by atoms with Gasteiger partial charge in [0.1, 0.15) is 0 Å². The molecule has 0 bridgehead atoms. The third-order valence-corrected chi connectivity index (χ3v) is 4.17. The molecule has 0 aromatic heterocycles. The Hall–Kier alpha value is -0.200. The number of hydrogen-bond donors (Lipinski definition) is 1. The van der Waals surface area contributed by atoms with Crippen LogP contribution in [-0.2, 0) is 10.0 Å². The third-order valence-electron chi connectivity index (χ3n) is 2.53. The van der Waals surface area contributed by atoms with Crippen LogP contribution in [0.25, 0.3) is 0 Å². The molecule has 114 valence electrons. The normalized spacial score (nSPS) is 11.6. The zero-order chi connectivity index (χ0) is 15.2. The fraction of sp³-hybridized carbons (Fsp3) is 0.500. The highest BCUT2D eigenvalue weighted by Crippen LogP contribution is 2.35. The Morgan fingerprint density at radius 3 is 2.10 bits per heavy atom. The van der Waals surface area contributed by atoms with Crippen LogP contribution >= 0.6 is 34.8 Å². The van der Waals surface area contributed by atoms with Gasteiger partial charge in [-0.25, -0.2) is 13.6 Å². The molecule has 0 aliphatic carbocycles. The molecule has 0 spiro atoms. The number of rotatable bonds is 8. The van der Waals surface area contributed by atoms with Gasteiger partial charge in [-0.05, 0) is 25.0 Å². The molecule has 0 saturated heterocycles. The minimum Gasteiger partial charge on any atom is -0.490 e. The number of hydrogen-bond acceptors (Lipinski definition) is 3. The fourth-order valence-electron chi connectivity index (χ4n) is 1.60. The average Bonchev–Trinajstić information content (AvgIpc) is 2.29. The predicted molar refractivity (Wildman–Crippen MR) is 83.4 cm³/mol. The van der Waals surface area contributed by atoms with Crippen LogP contribution in [0.1, 0.15) is 25.7 Å². The van der Waals surface area contributed by atoms with Crippen LogP contribution in [0.5, 0.6) is 5.75 Å². The van der Waals surface area contributed by atoms with Crippen molar-refractivity contribution in [3.05, 3.63) is 27.2 Å². The molecule has 4 nitrogen and oxygen atoms in total. The molecule has 1 aromatic carbocycles.